The lowest BCUT2D eigenvalue weighted by molar-refractivity contribution is -0.129. The molecule has 0 saturated carbocycles. The molecule has 1 aliphatic heterocycles. The Morgan fingerprint density at radius 3 is 2.29 bits per heavy atom. The maximum Gasteiger partial charge on any atom is 0.256 e. The van der Waals surface area contributed by atoms with Gasteiger partial charge in [0.1, 0.15) is 12.2 Å². The molecule has 0 radical (unpaired) electrons. The van der Waals surface area contributed by atoms with Crippen LogP contribution in [0, 0.1) is 5.41 Å². The number of nitrogens with zero attached hydrogens (tertiary/aromatic N) is 2. The van der Waals surface area contributed by atoms with E-state index in [-0.39, 0.29) is 23.4 Å². The van der Waals surface area contributed by atoms with Gasteiger partial charge >= 0.3 is 0 Å². The number of hydrogen-bond donors (Lipinski definition) is 0. The number of benzene rings is 1. The molecule has 0 aromatic heterocycles. The number of amides is 2. The number of likely N-dealkylation sites (N-methyl/N-ethyl adjacent to an activating group) is 1. The number of carbonyl (C=O) groups excluding carboxylic acids is 2. The second-order valence-electron chi connectivity index (χ2n) is 6.45. The summed E-state index contributed by atoms with van der Waals surface area (Å²) >= 11 is 0. The first-order valence-corrected chi connectivity index (χ1v) is 7.06. The zero-order valence-electron chi connectivity index (χ0n) is 13.0. The van der Waals surface area contributed by atoms with Crippen molar-refractivity contribution in [3.63, 3.8) is 0 Å². The van der Waals surface area contributed by atoms with Crippen LogP contribution in [0.25, 0.3) is 0 Å². The average Bonchev–Trinajstić information content (AvgIpc) is 2.70. The van der Waals surface area contributed by atoms with Crippen LogP contribution in [0.3, 0.4) is 0 Å². The highest BCUT2D eigenvalue weighted by molar-refractivity contribution is 6.00. The predicted molar refractivity (Wildman–Crippen MR) is 82.6 cm³/mol. The molecule has 2 atom stereocenters. The van der Waals surface area contributed by atoms with Crippen LogP contribution in [0.1, 0.15) is 31.1 Å². The minimum absolute atomic E-state index is 0.0887. The van der Waals surface area contributed by atoms with Gasteiger partial charge in [0, 0.05) is 18.0 Å². The van der Waals surface area contributed by atoms with Gasteiger partial charge in [-0.3, -0.25) is 9.59 Å². The molecule has 0 N–H and O–H groups in total. The van der Waals surface area contributed by atoms with E-state index in [4.69, 9.17) is 0 Å². The lowest BCUT2D eigenvalue weighted by Crippen LogP contribution is -2.50. The van der Waals surface area contributed by atoms with Crippen LogP contribution >= 0.6 is 0 Å². The van der Waals surface area contributed by atoms with Gasteiger partial charge in [-0.1, -0.05) is 45.0 Å². The van der Waals surface area contributed by atoms with Crippen LogP contribution in [0.5, 0.6) is 0 Å². The van der Waals surface area contributed by atoms with Crippen molar-refractivity contribution in [2.24, 2.45) is 5.41 Å². The molecule has 1 aromatic carbocycles. The van der Waals surface area contributed by atoms with Crippen molar-refractivity contribution in [2.45, 2.75) is 33.0 Å². The minimum atomic E-state index is -0.605. The smallest absolute Gasteiger partial charge is 0.256 e. The number of carbonyl (C=O) groups is 2. The molecule has 0 bridgehead atoms. The van der Waals surface area contributed by atoms with Crippen molar-refractivity contribution in [3.8, 4) is 0 Å². The van der Waals surface area contributed by atoms with Crippen molar-refractivity contribution in [3.05, 3.63) is 48.6 Å². The van der Waals surface area contributed by atoms with Crippen molar-refractivity contribution in [2.75, 3.05) is 7.05 Å². The van der Waals surface area contributed by atoms with Crippen molar-refractivity contribution in [1.29, 1.82) is 0 Å². The molecular formula is C17H22N2O2. The molecule has 112 valence electrons. The summed E-state index contributed by atoms with van der Waals surface area (Å²) in [6, 6.07) is 8.44. The zero-order chi connectivity index (χ0) is 15.8. The van der Waals surface area contributed by atoms with E-state index >= 15 is 0 Å². The van der Waals surface area contributed by atoms with E-state index in [1.165, 1.54) is 0 Å². The topological polar surface area (TPSA) is 40.6 Å². The number of rotatable bonds is 2. The molecule has 0 spiro atoms. The SMILES string of the molecule is C=CC1C(=O)N(C)C(C(C)(C)C)N1C(=O)c1ccccc1. The van der Waals surface area contributed by atoms with E-state index in [9.17, 15) is 9.59 Å². The molecule has 1 heterocycles. The van der Waals surface area contributed by atoms with Gasteiger partial charge in [-0.25, -0.2) is 0 Å². The molecule has 1 aliphatic rings. The molecule has 1 aromatic rings. The quantitative estimate of drug-likeness (QED) is 0.784. The normalized spacial score (nSPS) is 22.6. The summed E-state index contributed by atoms with van der Waals surface area (Å²) in [5, 5.41) is 0. The zero-order valence-corrected chi connectivity index (χ0v) is 13.0. The van der Waals surface area contributed by atoms with Gasteiger partial charge in [0.15, 0.2) is 0 Å². The first-order valence-electron chi connectivity index (χ1n) is 7.06. The standard InChI is InChI=1S/C17H22N2O2/c1-6-13-15(21)18(5)16(17(2,3)4)19(13)14(20)12-10-8-7-9-11-12/h6-11,13,16H,1H2,2-5H3. The molecule has 4 nitrogen and oxygen atoms in total. The molecule has 2 rings (SSSR count). The second kappa shape index (κ2) is 5.35. The van der Waals surface area contributed by atoms with Crippen molar-refractivity contribution >= 4 is 11.8 Å². The Balaban J connectivity index is 2.48. The second-order valence-corrected chi connectivity index (χ2v) is 6.45. The minimum Gasteiger partial charge on any atom is -0.323 e. The molecule has 2 amide bonds. The van der Waals surface area contributed by atoms with Crippen LogP contribution in [-0.2, 0) is 4.79 Å². The van der Waals surface area contributed by atoms with Crippen LogP contribution in [0.15, 0.2) is 43.0 Å². The van der Waals surface area contributed by atoms with Crippen molar-refractivity contribution < 1.29 is 9.59 Å². The summed E-state index contributed by atoms with van der Waals surface area (Å²) in [6.07, 6.45) is 1.26. The largest absolute Gasteiger partial charge is 0.323 e. The highest BCUT2D eigenvalue weighted by atomic mass is 16.2. The van der Waals surface area contributed by atoms with Crippen LogP contribution in [0.4, 0.5) is 0 Å². The van der Waals surface area contributed by atoms with E-state index in [2.05, 4.69) is 6.58 Å². The third-order valence-electron chi connectivity index (χ3n) is 3.78. The molecule has 2 unspecified atom stereocenters. The average molecular weight is 286 g/mol. The third-order valence-corrected chi connectivity index (χ3v) is 3.78. The van der Waals surface area contributed by atoms with Gasteiger partial charge in [-0.05, 0) is 12.1 Å². The summed E-state index contributed by atoms with van der Waals surface area (Å²) in [4.78, 5) is 28.6. The molecule has 21 heavy (non-hydrogen) atoms. The molecule has 0 aliphatic carbocycles. The van der Waals surface area contributed by atoms with E-state index in [1.807, 2.05) is 39.0 Å². The Morgan fingerprint density at radius 1 is 1.24 bits per heavy atom. The van der Waals surface area contributed by atoms with Gasteiger partial charge in [0.2, 0.25) is 0 Å². The maximum absolute atomic E-state index is 12.9. The highest BCUT2D eigenvalue weighted by Gasteiger charge is 2.50. The van der Waals surface area contributed by atoms with Gasteiger partial charge in [-0.15, -0.1) is 6.58 Å². The molecule has 1 saturated heterocycles. The monoisotopic (exact) mass is 286 g/mol. The summed E-state index contributed by atoms with van der Waals surface area (Å²) in [5.74, 6) is -0.229. The maximum atomic E-state index is 12.9. The Morgan fingerprint density at radius 2 is 1.81 bits per heavy atom. The van der Waals surface area contributed by atoms with E-state index < -0.39 is 6.04 Å². The first kappa shape index (κ1) is 15.3. The summed E-state index contributed by atoms with van der Waals surface area (Å²) < 4.78 is 0. The van der Waals surface area contributed by atoms with E-state index in [0.29, 0.717) is 5.56 Å². The fourth-order valence-corrected chi connectivity index (χ4v) is 2.97. The van der Waals surface area contributed by atoms with Gasteiger partial charge in [-0.2, -0.15) is 0 Å². The van der Waals surface area contributed by atoms with Gasteiger partial charge in [0.05, 0.1) is 0 Å². The predicted octanol–water partition coefficient (Wildman–Crippen LogP) is 2.53. The summed E-state index contributed by atoms with van der Waals surface area (Å²) in [7, 11) is 1.74. The van der Waals surface area contributed by atoms with Crippen LogP contribution < -0.4 is 0 Å². The molecule has 1 fully saturated rings. The van der Waals surface area contributed by atoms with Crippen molar-refractivity contribution in [1.82, 2.24) is 9.80 Å². The van der Waals surface area contributed by atoms with E-state index in [1.54, 1.807) is 35.1 Å². The fraction of sp³-hybridized carbons (Fsp3) is 0.412. The Labute approximate surface area is 126 Å². The Kier molecular flexibility index (Phi) is 3.90. The third kappa shape index (κ3) is 2.58. The first-order chi connectivity index (χ1) is 9.79. The Hall–Kier alpha value is -2.10. The number of hydrogen-bond acceptors (Lipinski definition) is 2. The highest BCUT2D eigenvalue weighted by Crippen LogP contribution is 2.35. The summed E-state index contributed by atoms with van der Waals surface area (Å²) in [5.41, 5.74) is 0.341. The Bertz CT molecular complexity index is 560. The van der Waals surface area contributed by atoms with Gasteiger partial charge in [0.25, 0.3) is 11.8 Å². The van der Waals surface area contributed by atoms with Crippen LogP contribution in [0.2, 0.25) is 0 Å². The molecular weight excluding hydrogens is 264 g/mol. The lowest BCUT2D eigenvalue weighted by atomic mass is 9.90. The summed E-state index contributed by atoms with van der Waals surface area (Å²) in [6.45, 7) is 9.81. The van der Waals surface area contributed by atoms with Gasteiger partial charge < -0.3 is 9.80 Å². The lowest BCUT2D eigenvalue weighted by Gasteiger charge is -2.38. The van der Waals surface area contributed by atoms with Crippen LogP contribution in [-0.4, -0.2) is 40.9 Å². The molecule has 4 heteroatoms. The van der Waals surface area contributed by atoms with E-state index in [0.717, 1.165) is 0 Å². The fourth-order valence-electron chi connectivity index (χ4n) is 2.97.